The number of ether oxygens (including phenoxy) is 2. The summed E-state index contributed by atoms with van der Waals surface area (Å²) < 4.78 is 49.5. The van der Waals surface area contributed by atoms with Gasteiger partial charge in [0.25, 0.3) is 5.91 Å². The number of methoxy groups -OCH3 is 1. The molecule has 5 nitrogen and oxygen atoms in total. The molecule has 0 aromatic heterocycles. The summed E-state index contributed by atoms with van der Waals surface area (Å²) in [6, 6.07) is 17.0. The predicted octanol–water partition coefficient (Wildman–Crippen LogP) is 6.14. The molecule has 1 N–H and O–H groups in total. The molecule has 0 aliphatic heterocycles. The van der Waals surface area contributed by atoms with Gasteiger partial charge in [-0.3, -0.25) is 9.79 Å². The van der Waals surface area contributed by atoms with Crippen LogP contribution in [0, 0.1) is 0 Å². The first-order valence-electron chi connectivity index (χ1n) is 9.33. The van der Waals surface area contributed by atoms with E-state index < -0.39 is 11.7 Å². The molecule has 0 radical (unpaired) electrons. The van der Waals surface area contributed by atoms with Crippen molar-refractivity contribution in [3.05, 3.63) is 82.9 Å². The van der Waals surface area contributed by atoms with Gasteiger partial charge in [0, 0.05) is 6.21 Å². The number of benzene rings is 3. The molecular weight excluding hydrogens is 445 g/mol. The number of nitrogens with one attached hydrogen (secondary N) is 1. The molecule has 0 fully saturated rings. The van der Waals surface area contributed by atoms with E-state index in [4.69, 9.17) is 21.1 Å². The monoisotopic (exact) mass is 462 g/mol. The molecule has 3 rings (SSSR count). The second-order valence-corrected chi connectivity index (χ2v) is 6.93. The number of hydrogen-bond donors (Lipinski definition) is 1. The number of nitrogens with zero attached hydrogens (tertiary/aromatic N) is 1. The second-order valence-electron chi connectivity index (χ2n) is 6.53. The zero-order chi connectivity index (χ0) is 23.1. The molecule has 0 saturated heterocycles. The third-order valence-corrected chi connectivity index (χ3v) is 4.58. The molecule has 0 unspecified atom stereocenters. The molecule has 0 spiro atoms. The van der Waals surface area contributed by atoms with Crippen molar-refractivity contribution in [2.24, 2.45) is 4.99 Å². The third kappa shape index (κ3) is 6.24. The summed E-state index contributed by atoms with van der Waals surface area (Å²) in [5.41, 5.74) is 0.351. The first kappa shape index (κ1) is 23.1. The van der Waals surface area contributed by atoms with Crippen molar-refractivity contribution in [2.45, 2.75) is 6.18 Å². The number of para-hydroxylation sites is 2. The van der Waals surface area contributed by atoms with Crippen LogP contribution in [0.15, 0.2) is 71.7 Å². The minimum absolute atomic E-state index is 0.120. The second kappa shape index (κ2) is 10.2. The van der Waals surface area contributed by atoms with Crippen LogP contribution in [0.3, 0.4) is 0 Å². The first-order valence-corrected chi connectivity index (χ1v) is 9.70. The number of anilines is 1. The Morgan fingerprint density at radius 2 is 1.81 bits per heavy atom. The quantitative estimate of drug-likeness (QED) is 0.429. The van der Waals surface area contributed by atoms with Gasteiger partial charge >= 0.3 is 6.18 Å². The summed E-state index contributed by atoms with van der Waals surface area (Å²) in [6.07, 6.45) is -3.14. The summed E-state index contributed by atoms with van der Waals surface area (Å²) in [4.78, 5) is 16.2. The lowest BCUT2D eigenvalue weighted by Crippen LogP contribution is -2.20. The minimum atomic E-state index is -4.56. The van der Waals surface area contributed by atoms with Crippen LogP contribution in [0.4, 0.5) is 24.5 Å². The van der Waals surface area contributed by atoms with E-state index >= 15 is 0 Å². The van der Waals surface area contributed by atoms with Gasteiger partial charge in [-0.05, 0) is 60.2 Å². The number of alkyl halides is 3. The van der Waals surface area contributed by atoms with Crippen molar-refractivity contribution in [2.75, 3.05) is 19.0 Å². The van der Waals surface area contributed by atoms with Crippen molar-refractivity contribution in [1.82, 2.24) is 0 Å². The number of halogens is 4. The molecule has 9 heteroatoms. The highest BCUT2D eigenvalue weighted by Crippen LogP contribution is 2.36. The summed E-state index contributed by atoms with van der Waals surface area (Å²) in [5, 5.41) is 2.32. The number of amides is 1. The van der Waals surface area contributed by atoms with E-state index in [1.165, 1.54) is 19.4 Å². The molecule has 3 aromatic rings. The molecular formula is C23H18ClF3N2O3. The molecule has 0 atom stereocenters. The fourth-order valence-corrected chi connectivity index (χ4v) is 2.92. The van der Waals surface area contributed by atoms with E-state index in [1.54, 1.807) is 48.5 Å². The number of carbonyl (C=O) groups excluding carboxylic acids is 1. The van der Waals surface area contributed by atoms with Gasteiger partial charge in [0.2, 0.25) is 0 Å². The van der Waals surface area contributed by atoms with Crippen LogP contribution in [-0.4, -0.2) is 25.8 Å². The number of aliphatic imine (C=N–C) groups is 1. The van der Waals surface area contributed by atoms with Gasteiger partial charge in [0.05, 0.1) is 29.1 Å². The van der Waals surface area contributed by atoms with E-state index in [0.717, 1.165) is 12.1 Å². The highest BCUT2D eigenvalue weighted by Gasteiger charge is 2.33. The largest absolute Gasteiger partial charge is 0.495 e. The third-order valence-electron chi connectivity index (χ3n) is 4.25. The Balaban J connectivity index is 1.58. The lowest BCUT2D eigenvalue weighted by molar-refractivity contribution is -0.137. The van der Waals surface area contributed by atoms with Crippen LogP contribution in [0.2, 0.25) is 5.02 Å². The van der Waals surface area contributed by atoms with Crippen molar-refractivity contribution in [3.8, 4) is 11.5 Å². The molecule has 0 aliphatic carbocycles. The van der Waals surface area contributed by atoms with Crippen molar-refractivity contribution < 1.29 is 27.4 Å². The van der Waals surface area contributed by atoms with Crippen LogP contribution < -0.4 is 14.8 Å². The lowest BCUT2D eigenvalue weighted by atomic mass is 10.2. The van der Waals surface area contributed by atoms with Gasteiger partial charge in [0.1, 0.15) is 11.5 Å². The smallest absolute Gasteiger partial charge is 0.417 e. The van der Waals surface area contributed by atoms with Gasteiger partial charge in [0.15, 0.2) is 6.61 Å². The van der Waals surface area contributed by atoms with E-state index in [2.05, 4.69) is 10.3 Å². The average Bonchev–Trinajstić information content (AvgIpc) is 2.77. The summed E-state index contributed by atoms with van der Waals surface area (Å²) in [5.74, 6) is 0.624. The van der Waals surface area contributed by atoms with Gasteiger partial charge in [-0.1, -0.05) is 23.7 Å². The Hall–Kier alpha value is -3.52. The van der Waals surface area contributed by atoms with Gasteiger partial charge in [-0.25, -0.2) is 0 Å². The summed E-state index contributed by atoms with van der Waals surface area (Å²) in [6.45, 7) is -0.212. The van der Waals surface area contributed by atoms with Crippen molar-refractivity contribution in [3.63, 3.8) is 0 Å². The minimum Gasteiger partial charge on any atom is -0.495 e. The molecule has 0 heterocycles. The first-order chi connectivity index (χ1) is 15.3. The topological polar surface area (TPSA) is 59.9 Å². The molecule has 0 saturated carbocycles. The SMILES string of the molecule is COc1ccccc1NC(=O)COc1ccc(C=Nc2ccc(Cl)c(C(F)(F)F)c2)cc1. The number of carbonyl (C=O) groups is 1. The molecule has 0 bridgehead atoms. The van der Waals surface area contributed by atoms with Crippen LogP contribution in [0.1, 0.15) is 11.1 Å². The molecule has 166 valence electrons. The summed E-state index contributed by atoms with van der Waals surface area (Å²) >= 11 is 5.61. The molecule has 3 aromatic carbocycles. The predicted molar refractivity (Wildman–Crippen MR) is 117 cm³/mol. The van der Waals surface area contributed by atoms with Gasteiger partial charge in [-0.2, -0.15) is 13.2 Å². The van der Waals surface area contributed by atoms with E-state index in [9.17, 15) is 18.0 Å². The number of hydrogen-bond acceptors (Lipinski definition) is 4. The molecule has 1 amide bonds. The maximum absolute atomic E-state index is 12.9. The lowest BCUT2D eigenvalue weighted by Gasteiger charge is -2.10. The summed E-state index contributed by atoms with van der Waals surface area (Å²) in [7, 11) is 1.51. The van der Waals surface area contributed by atoms with Gasteiger partial charge in [-0.15, -0.1) is 0 Å². The van der Waals surface area contributed by atoms with Crippen LogP contribution in [0.5, 0.6) is 11.5 Å². The zero-order valence-electron chi connectivity index (χ0n) is 16.8. The van der Waals surface area contributed by atoms with Crippen molar-refractivity contribution >= 4 is 35.1 Å². The number of rotatable bonds is 7. The highest BCUT2D eigenvalue weighted by molar-refractivity contribution is 6.31. The average molecular weight is 463 g/mol. The van der Waals surface area contributed by atoms with Crippen LogP contribution in [-0.2, 0) is 11.0 Å². The maximum Gasteiger partial charge on any atom is 0.417 e. The Morgan fingerprint density at radius 3 is 2.50 bits per heavy atom. The Bertz CT molecular complexity index is 1120. The zero-order valence-corrected chi connectivity index (χ0v) is 17.6. The Morgan fingerprint density at radius 1 is 1.09 bits per heavy atom. The fourth-order valence-electron chi connectivity index (χ4n) is 2.69. The van der Waals surface area contributed by atoms with E-state index in [-0.39, 0.29) is 23.2 Å². The highest BCUT2D eigenvalue weighted by atomic mass is 35.5. The molecule has 0 aliphatic rings. The van der Waals surface area contributed by atoms with E-state index in [0.29, 0.717) is 22.7 Å². The van der Waals surface area contributed by atoms with Crippen LogP contribution in [0.25, 0.3) is 0 Å². The normalized spacial score (nSPS) is 11.4. The van der Waals surface area contributed by atoms with E-state index in [1.807, 2.05) is 0 Å². The Kier molecular flexibility index (Phi) is 7.37. The maximum atomic E-state index is 12.9. The standard InChI is InChI=1S/C23H18ClF3N2O3/c1-31-21-5-3-2-4-20(21)29-22(30)14-32-17-9-6-15(7-10-17)13-28-16-8-11-19(24)18(12-16)23(25,26)27/h2-13H,14H2,1H3,(H,29,30). The molecule has 32 heavy (non-hydrogen) atoms. The van der Waals surface area contributed by atoms with Crippen molar-refractivity contribution in [1.29, 1.82) is 0 Å². The Labute approximate surface area is 187 Å². The van der Waals surface area contributed by atoms with Crippen LogP contribution >= 0.6 is 11.6 Å². The van der Waals surface area contributed by atoms with Gasteiger partial charge < -0.3 is 14.8 Å². The fraction of sp³-hybridized carbons (Fsp3) is 0.130.